The lowest BCUT2D eigenvalue weighted by molar-refractivity contribution is -0.145. The minimum Gasteiger partial charge on any atom is -0.494 e. The van der Waals surface area contributed by atoms with Crippen molar-refractivity contribution < 1.29 is 19.1 Å². The van der Waals surface area contributed by atoms with E-state index >= 15 is 0 Å². The van der Waals surface area contributed by atoms with Crippen molar-refractivity contribution in [3.05, 3.63) is 78.0 Å². The Morgan fingerprint density at radius 1 is 0.917 bits per heavy atom. The molecular weight excluding hydrogens is 450 g/mol. The molecule has 0 saturated heterocycles. The molecule has 3 aromatic rings. The maximum atomic E-state index is 12.9. The third kappa shape index (κ3) is 8.40. The molecule has 0 spiro atoms. The van der Waals surface area contributed by atoms with Crippen LogP contribution in [0.4, 0.5) is 0 Å². The van der Waals surface area contributed by atoms with Crippen LogP contribution in [0.2, 0.25) is 0 Å². The molecular formula is C31H39NO4. The van der Waals surface area contributed by atoms with Gasteiger partial charge in [0, 0.05) is 35.6 Å². The highest BCUT2D eigenvalue weighted by Gasteiger charge is 2.13. The smallest absolute Gasteiger partial charge is 0.306 e. The molecule has 36 heavy (non-hydrogen) atoms. The first-order chi connectivity index (χ1) is 17.6. The van der Waals surface area contributed by atoms with Crippen LogP contribution in [-0.2, 0) is 22.7 Å². The van der Waals surface area contributed by atoms with E-state index in [1.807, 2.05) is 67.7 Å². The van der Waals surface area contributed by atoms with E-state index in [2.05, 4.69) is 11.5 Å². The SMILES string of the molecule is CCCCCCC/C=C/C(=O)c1cn(CCCC(=O)OCc2ccc(OCC)cc2)c2ccccc12. The molecule has 1 aromatic heterocycles. The molecule has 0 saturated carbocycles. The number of benzene rings is 2. The second-order valence-electron chi connectivity index (χ2n) is 9.06. The second kappa shape index (κ2) is 14.9. The van der Waals surface area contributed by atoms with Crippen LogP contribution >= 0.6 is 0 Å². The van der Waals surface area contributed by atoms with Crippen LogP contribution in [0.25, 0.3) is 10.9 Å². The third-order valence-corrected chi connectivity index (χ3v) is 6.21. The minimum atomic E-state index is -0.224. The molecule has 0 unspecified atom stereocenters. The van der Waals surface area contributed by atoms with Crippen LogP contribution in [-0.4, -0.2) is 22.9 Å². The van der Waals surface area contributed by atoms with Gasteiger partial charge >= 0.3 is 5.97 Å². The minimum absolute atomic E-state index is 0.0354. The maximum absolute atomic E-state index is 12.9. The topological polar surface area (TPSA) is 57.5 Å². The standard InChI is InChI=1S/C31H39NO4/c1-3-5-6-7-8-9-10-16-30(33)28-23-32(29-15-12-11-14-27(28)29)22-13-17-31(34)36-24-25-18-20-26(21-19-25)35-4-2/h10-12,14-16,18-21,23H,3-9,13,17,22,24H2,1-2H3/b16-10+. The number of ether oxygens (including phenoxy) is 2. The van der Waals surface area contributed by atoms with Crippen LogP contribution in [0, 0.1) is 0 Å². The lowest BCUT2D eigenvalue weighted by Crippen LogP contribution is -2.06. The quantitative estimate of drug-likeness (QED) is 0.0897. The molecule has 192 valence electrons. The first-order valence-electron chi connectivity index (χ1n) is 13.3. The first-order valence-corrected chi connectivity index (χ1v) is 13.3. The van der Waals surface area contributed by atoms with Gasteiger partial charge in [-0.25, -0.2) is 0 Å². The number of aryl methyl sites for hydroxylation is 1. The zero-order valence-corrected chi connectivity index (χ0v) is 21.7. The number of carbonyl (C=O) groups excluding carboxylic acids is 2. The van der Waals surface area contributed by atoms with Crippen molar-refractivity contribution >= 4 is 22.7 Å². The number of aromatic nitrogens is 1. The number of nitrogens with zero attached hydrogens (tertiary/aromatic N) is 1. The molecule has 0 aliphatic heterocycles. The fraction of sp³-hybridized carbons (Fsp3) is 0.419. The van der Waals surface area contributed by atoms with E-state index in [9.17, 15) is 9.59 Å². The van der Waals surface area contributed by atoms with Gasteiger partial charge in [-0.3, -0.25) is 9.59 Å². The summed E-state index contributed by atoms with van der Waals surface area (Å²) < 4.78 is 12.9. The largest absolute Gasteiger partial charge is 0.494 e. The summed E-state index contributed by atoms with van der Waals surface area (Å²) >= 11 is 0. The summed E-state index contributed by atoms with van der Waals surface area (Å²) in [4.78, 5) is 25.1. The Hall–Kier alpha value is -3.34. The first kappa shape index (κ1) is 27.3. The number of rotatable bonds is 16. The Morgan fingerprint density at radius 2 is 1.69 bits per heavy atom. The summed E-state index contributed by atoms with van der Waals surface area (Å²) in [5.74, 6) is 0.620. The van der Waals surface area contributed by atoms with Gasteiger partial charge in [0.1, 0.15) is 12.4 Å². The number of hydrogen-bond donors (Lipinski definition) is 0. The van der Waals surface area contributed by atoms with E-state index in [0.717, 1.165) is 35.1 Å². The zero-order valence-electron chi connectivity index (χ0n) is 21.7. The number of fused-ring (bicyclic) bond motifs is 1. The number of hydrogen-bond acceptors (Lipinski definition) is 4. The number of carbonyl (C=O) groups is 2. The van der Waals surface area contributed by atoms with Crippen LogP contribution in [0.1, 0.15) is 81.1 Å². The van der Waals surface area contributed by atoms with Crippen molar-refractivity contribution in [1.29, 1.82) is 0 Å². The predicted octanol–water partition coefficient (Wildman–Crippen LogP) is 7.66. The Kier molecular flexibility index (Phi) is 11.3. The van der Waals surface area contributed by atoms with Gasteiger partial charge in [-0.05, 0) is 56.0 Å². The van der Waals surface area contributed by atoms with Gasteiger partial charge in [0.2, 0.25) is 0 Å². The van der Waals surface area contributed by atoms with Crippen molar-refractivity contribution in [3.8, 4) is 5.75 Å². The summed E-state index contributed by atoms with van der Waals surface area (Å²) in [6.07, 6.45) is 13.7. The van der Waals surface area contributed by atoms with Gasteiger partial charge in [0.25, 0.3) is 0 Å². The fourth-order valence-electron chi connectivity index (χ4n) is 4.25. The Bertz CT molecular complexity index is 1130. The van der Waals surface area contributed by atoms with E-state index in [1.54, 1.807) is 6.08 Å². The number of esters is 1. The molecule has 0 bridgehead atoms. The molecule has 2 aromatic carbocycles. The molecule has 0 fully saturated rings. The molecule has 5 nitrogen and oxygen atoms in total. The van der Waals surface area contributed by atoms with Gasteiger partial charge in [0.05, 0.1) is 6.61 Å². The average molecular weight is 490 g/mol. The van der Waals surface area contributed by atoms with Crippen molar-refractivity contribution in [1.82, 2.24) is 4.57 Å². The van der Waals surface area contributed by atoms with Crippen LogP contribution in [0.5, 0.6) is 5.75 Å². The van der Waals surface area contributed by atoms with Crippen molar-refractivity contribution in [2.45, 2.75) is 78.4 Å². The molecule has 0 aliphatic rings. The van der Waals surface area contributed by atoms with E-state index in [1.165, 1.54) is 25.7 Å². The number of ketones is 1. The molecule has 0 radical (unpaired) electrons. The summed E-state index contributed by atoms with van der Waals surface area (Å²) in [6.45, 7) is 5.68. The molecule has 1 heterocycles. The van der Waals surface area contributed by atoms with Crippen LogP contribution in [0.15, 0.2) is 66.9 Å². The van der Waals surface area contributed by atoms with Gasteiger partial charge in [-0.2, -0.15) is 0 Å². The third-order valence-electron chi connectivity index (χ3n) is 6.21. The van der Waals surface area contributed by atoms with Gasteiger partial charge in [-0.1, -0.05) is 69.0 Å². The highest BCUT2D eigenvalue weighted by atomic mass is 16.5. The second-order valence-corrected chi connectivity index (χ2v) is 9.06. The van der Waals surface area contributed by atoms with Crippen molar-refractivity contribution in [3.63, 3.8) is 0 Å². The number of para-hydroxylation sites is 1. The van der Waals surface area contributed by atoms with E-state index in [-0.39, 0.29) is 18.4 Å². The summed E-state index contributed by atoms with van der Waals surface area (Å²) in [7, 11) is 0. The van der Waals surface area contributed by atoms with Gasteiger partial charge in [0.15, 0.2) is 5.78 Å². The number of allylic oxidation sites excluding steroid dienone is 2. The predicted molar refractivity (Wildman–Crippen MR) is 145 cm³/mol. The zero-order chi connectivity index (χ0) is 25.6. The maximum Gasteiger partial charge on any atom is 0.306 e. The summed E-state index contributed by atoms with van der Waals surface area (Å²) in [5, 5.41) is 0.952. The molecule has 0 aliphatic carbocycles. The summed E-state index contributed by atoms with van der Waals surface area (Å²) in [5.41, 5.74) is 2.66. The number of unbranched alkanes of at least 4 members (excludes halogenated alkanes) is 5. The monoisotopic (exact) mass is 489 g/mol. The van der Waals surface area contributed by atoms with E-state index < -0.39 is 0 Å². The highest BCUT2D eigenvalue weighted by Crippen LogP contribution is 2.23. The molecule has 0 amide bonds. The van der Waals surface area contributed by atoms with Crippen LogP contribution < -0.4 is 4.74 Å². The highest BCUT2D eigenvalue weighted by molar-refractivity contribution is 6.13. The van der Waals surface area contributed by atoms with E-state index in [0.29, 0.717) is 31.6 Å². The van der Waals surface area contributed by atoms with E-state index in [4.69, 9.17) is 9.47 Å². The molecule has 5 heteroatoms. The van der Waals surface area contributed by atoms with Gasteiger partial charge in [-0.15, -0.1) is 0 Å². The average Bonchev–Trinajstić information content (AvgIpc) is 3.26. The van der Waals surface area contributed by atoms with Crippen molar-refractivity contribution in [2.24, 2.45) is 0 Å². The normalized spacial score (nSPS) is 11.3. The Labute approximate surface area is 215 Å². The lowest BCUT2D eigenvalue weighted by atomic mass is 10.1. The Morgan fingerprint density at radius 3 is 2.47 bits per heavy atom. The lowest BCUT2D eigenvalue weighted by Gasteiger charge is -2.08. The fourth-order valence-corrected chi connectivity index (χ4v) is 4.25. The van der Waals surface area contributed by atoms with Crippen molar-refractivity contribution in [2.75, 3.05) is 6.61 Å². The Balaban J connectivity index is 1.49. The van der Waals surface area contributed by atoms with Crippen LogP contribution in [0.3, 0.4) is 0 Å². The summed E-state index contributed by atoms with van der Waals surface area (Å²) in [6, 6.07) is 15.5. The molecule has 0 N–H and O–H groups in total. The van der Waals surface area contributed by atoms with Gasteiger partial charge < -0.3 is 14.0 Å². The molecule has 0 atom stereocenters. The molecule has 3 rings (SSSR count).